The van der Waals surface area contributed by atoms with Crippen LogP contribution in [-0.2, 0) is 10.0 Å². The van der Waals surface area contributed by atoms with E-state index in [0.29, 0.717) is 11.4 Å². The first kappa shape index (κ1) is 16.2. The summed E-state index contributed by atoms with van der Waals surface area (Å²) >= 11 is 6.96. The number of hydrogen-bond acceptors (Lipinski definition) is 5. The van der Waals surface area contributed by atoms with Crippen LogP contribution in [0.5, 0.6) is 0 Å². The smallest absolute Gasteiger partial charge is 0.244 e. The Balaban J connectivity index is 2.39. The summed E-state index contributed by atoms with van der Waals surface area (Å²) in [4.78, 5) is 3.50. The van der Waals surface area contributed by atoms with Gasteiger partial charge in [0.2, 0.25) is 10.0 Å². The number of nitrogens with one attached hydrogen (secondary N) is 1. The lowest BCUT2D eigenvalue weighted by atomic mass is 10.3. The first-order valence-corrected chi connectivity index (χ1v) is 8.75. The fourth-order valence-corrected chi connectivity index (χ4v) is 4.29. The molecule has 0 radical (unpaired) electrons. The Labute approximate surface area is 131 Å². The lowest BCUT2D eigenvalue weighted by molar-refractivity contribution is 0.534. The molecule has 1 unspecified atom stereocenters. The van der Waals surface area contributed by atoms with E-state index in [9.17, 15) is 12.8 Å². The van der Waals surface area contributed by atoms with E-state index in [1.807, 2.05) is 0 Å². The number of nitrogens with two attached hydrogens (primary N) is 1. The van der Waals surface area contributed by atoms with Crippen LogP contribution in [-0.4, -0.2) is 13.4 Å². The molecule has 0 saturated carbocycles. The quantitative estimate of drug-likeness (QED) is 0.813. The van der Waals surface area contributed by atoms with E-state index in [1.165, 1.54) is 11.3 Å². The second kappa shape index (κ2) is 6.27. The van der Waals surface area contributed by atoms with Crippen LogP contribution in [0, 0.1) is 5.82 Å². The third-order valence-electron chi connectivity index (χ3n) is 2.76. The molecule has 5 nitrogen and oxygen atoms in total. The van der Waals surface area contributed by atoms with Crippen LogP contribution in [0.3, 0.4) is 0 Å². The Kier molecular flexibility index (Phi) is 4.82. The van der Waals surface area contributed by atoms with Gasteiger partial charge in [-0.1, -0.05) is 18.5 Å². The predicted molar refractivity (Wildman–Crippen MR) is 81.3 cm³/mol. The Morgan fingerprint density at radius 1 is 1.52 bits per heavy atom. The number of thiazole rings is 1. The monoisotopic (exact) mass is 349 g/mol. The van der Waals surface area contributed by atoms with Crippen molar-refractivity contribution in [1.82, 2.24) is 9.71 Å². The predicted octanol–water partition coefficient (Wildman–Crippen LogP) is 2.95. The fraction of sp³-hybridized carbons (Fsp3) is 0.250. The Morgan fingerprint density at radius 2 is 2.24 bits per heavy atom. The van der Waals surface area contributed by atoms with Gasteiger partial charge in [0.05, 0.1) is 11.1 Å². The normalized spacial score (nSPS) is 13.3. The molecule has 0 aliphatic carbocycles. The molecule has 0 aliphatic rings. The number of halogens is 2. The molecule has 1 atom stereocenters. The van der Waals surface area contributed by atoms with E-state index < -0.39 is 26.8 Å². The summed E-state index contributed by atoms with van der Waals surface area (Å²) in [6.45, 7) is 1.80. The van der Waals surface area contributed by atoms with Crippen molar-refractivity contribution in [3.8, 4) is 0 Å². The molecule has 114 valence electrons. The summed E-state index contributed by atoms with van der Waals surface area (Å²) in [6, 6.07) is 1.67. The van der Waals surface area contributed by atoms with E-state index in [0.717, 1.165) is 12.1 Å². The van der Waals surface area contributed by atoms with Crippen molar-refractivity contribution < 1.29 is 12.8 Å². The Morgan fingerprint density at radius 3 is 2.81 bits per heavy atom. The molecule has 1 heterocycles. The van der Waals surface area contributed by atoms with Crippen molar-refractivity contribution >= 4 is 38.6 Å². The Hall–Kier alpha value is -1.22. The maximum Gasteiger partial charge on any atom is 0.244 e. The molecule has 0 spiro atoms. The lowest BCUT2D eigenvalue weighted by Gasteiger charge is -2.15. The van der Waals surface area contributed by atoms with E-state index in [1.54, 1.807) is 18.5 Å². The van der Waals surface area contributed by atoms with Gasteiger partial charge in [0, 0.05) is 17.3 Å². The highest BCUT2D eigenvalue weighted by molar-refractivity contribution is 7.89. The summed E-state index contributed by atoms with van der Waals surface area (Å²) in [7, 11) is -4.10. The minimum Gasteiger partial charge on any atom is -0.399 e. The van der Waals surface area contributed by atoms with E-state index in [2.05, 4.69) is 9.71 Å². The van der Waals surface area contributed by atoms with Gasteiger partial charge >= 0.3 is 0 Å². The van der Waals surface area contributed by atoms with Gasteiger partial charge in [0.15, 0.2) is 5.82 Å². The number of nitrogens with zero attached hydrogens (tertiary/aromatic N) is 1. The van der Waals surface area contributed by atoms with Gasteiger partial charge in [-0.25, -0.2) is 22.5 Å². The molecule has 2 aromatic rings. The first-order chi connectivity index (χ1) is 9.85. The van der Waals surface area contributed by atoms with E-state index >= 15 is 0 Å². The second-order valence-corrected chi connectivity index (χ2v) is 7.28. The molecule has 1 aromatic heterocycles. The second-order valence-electron chi connectivity index (χ2n) is 4.27. The van der Waals surface area contributed by atoms with Gasteiger partial charge in [0.1, 0.15) is 9.90 Å². The van der Waals surface area contributed by atoms with Gasteiger partial charge in [-0.2, -0.15) is 0 Å². The number of hydrogen-bond donors (Lipinski definition) is 2. The molecular weight excluding hydrogens is 337 g/mol. The first-order valence-electron chi connectivity index (χ1n) is 6.01. The van der Waals surface area contributed by atoms with Crippen LogP contribution < -0.4 is 10.5 Å². The standard InChI is InChI=1S/C12H13ClFN3O2S2/c1-2-9(12-16-3-4-20-12)17-21(18,19)10-6-7(15)5-8(13)11(10)14/h3-6,9,17H,2,15H2,1H3. The molecule has 0 fully saturated rings. The highest BCUT2D eigenvalue weighted by Gasteiger charge is 2.26. The van der Waals surface area contributed by atoms with E-state index in [-0.39, 0.29) is 10.7 Å². The number of aromatic nitrogens is 1. The number of sulfonamides is 1. The molecule has 0 saturated heterocycles. The van der Waals surface area contributed by atoms with Crippen molar-refractivity contribution in [2.45, 2.75) is 24.3 Å². The summed E-state index contributed by atoms with van der Waals surface area (Å²) < 4.78 is 41.0. The molecule has 0 amide bonds. The van der Waals surface area contributed by atoms with Crippen molar-refractivity contribution in [1.29, 1.82) is 0 Å². The van der Waals surface area contributed by atoms with Crippen LogP contribution in [0.25, 0.3) is 0 Å². The zero-order valence-electron chi connectivity index (χ0n) is 11.0. The maximum atomic E-state index is 14.0. The Bertz CT molecular complexity index is 735. The summed E-state index contributed by atoms with van der Waals surface area (Å²) in [5.74, 6) is -1.02. The SMILES string of the molecule is CCC(NS(=O)(=O)c1cc(N)cc(Cl)c1F)c1nccs1. The van der Waals surface area contributed by atoms with Gasteiger partial charge in [-0.05, 0) is 18.6 Å². The van der Waals surface area contributed by atoms with E-state index in [4.69, 9.17) is 17.3 Å². The van der Waals surface area contributed by atoms with Crippen LogP contribution >= 0.6 is 22.9 Å². The molecule has 0 bridgehead atoms. The average Bonchev–Trinajstić information content (AvgIpc) is 2.94. The van der Waals surface area contributed by atoms with Crippen LogP contribution in [0.4, 0.5) is 10.1 Å². The zero-order valence-corrected chi connectivity index (χ0v) is 13.4. The highest BCUT2D eigenvalue weighted by atomic mass is 35.5. The molecular formula is C12H13ClFN3O2S2. The summed E-state index contributed by atoms with van der Waals surface area (Å²) in [5.41, 5.74) is 5.60. The molecule has 3 N–H and O–H groups in total. The van der Waals surface area contributed by atoms with Gasteiger partial charge in [0.25, 0.3) is 0 Å². The highest BCUT2D eigenvalue weighted by Crippen LogP contribution is 2.28. The minimum absolute atomic E-state index is 0.0732. The minimum atomic E-state index is -4.10. The van der Waals surface area contributed by atoms with Crippen molar-refractivity contribution in [2.75, 3.05) is 5.73 Å². The third-order valence-corrected chi connectivity index (χ3v) is 5.40. The third kappa shape index (κ3) is 3.52. The van der Waals surface area contributed by atoms with Gasteiger partial charge in [-0.3, -0.25) is 0 Å². The van der Waals surface area contributed by atoms with Crippen LogP contribution in [0.1, 0.15) is 24.4 Å². The molecule has 2 rings (SSSR count). The number of rotatable bonds is 5. The molecule has 1 aromatic carbocycles. The summed E-state index contributed by atoms with van der Waals surface area (Å²) in [6.07, 6.45) is 2.05. The molecule has 21 heavy (non-hydrogen) atoms. The van der Waals surface area contributed by atoms with Gasteiger partial charge < -0.3 is 5.73 Å². The molecule has 0 aliphatic heterocycles. The van der Waals surface area contributed by atoms with Crippen LogP contribution in [0.2, 0.25) is 5.02 Å². The number of nitrogen functional groups attached to an aromatic ring is 1. The maximum absolute atomic E-state index is 14.0. The topological polar surface area (TPSA) is 85.1 Å². The number of benzene rings is 1. The van der Waals surface area contributed by atoms with Gasteiger partial charge in [-0.15, -0.1) is 11.3 Å². The summed E-state index contributed by atoms with van der Waals surface area (Å²) in [5, 5.41) is 2.01. The van der Waals surface area contributed by atoms with Crippen molar-refractivity contribution in [2.24, 2.45) is 0 Å². The number of anilines is 1. The van der Waals surface area contributed by atoms with Crippen molar-refractivity contribution in [3.63, 3.8) is 0 Å². The fourth-order valence-electron chi connectivity index (χ4n) is 1.75. The molecule has 9 heteroatoms. The average molecular weight is 350 g/mol. The van der Waals surface area contributed by atoms with Crippen LogP contribution in [0.15, 0.2) is 28.6 Å². The largest absolute Gasteiger partial charge is 0.399 e. The zero-order chi connectivity index (χ0) is 15.6. The van der Waals surface area contributed by atoms with Crippen molar-refractivity contribution in [3.05, 3.63) is 39.6 Å². The lowest BCUT2D eigenvalue weighted by Crippen LogP contribution is -2.29.